The summed E-state index contributed by atoms with van der Waals surface area (Å²) in [6, 6.07) is 0. The SMILES string of the molecule is CCCCCCc1c(Br)s[c]([Sn]([CH2]CCC)([CH2]CCC)[CH2]CCC)c1F. The van der Waals surface area contributed by atoms with Crippen molar-refractivity contribution in [3.05, 3.63) is 15.2 Å². The second kappa shape index (κ2) is 14.0. The van der Waals surface area contributed by atoms with Gasteiger partial charge in [-0.3, -0.25) is 0 Å². The summed E-state index contributed by atoms with van der Waals surface area (Å²) in [5.41, 5.74) is 1.01. The van der Waals surface area contributed by atoms with Crippen LogP contribution in [0.25, 0.3) is 0 Å². The summed E-state index contributed by atoms with van der Waals surface area (Å²) in [6.07, 6.45) is 13.4. The zero-order valence-corrected chi connectivity index (χ0v) is 22.8. The minimum atomic E-state index is -2.65. The van der Waals surface area contributed by atoms with Gasteiger partial charge in [-0.25, -0.2) is 0 Å². The Balaban J connectivity index is 3.13. The van der Waals surface area contributed by atoms with Crippen LogP contribution in [0.4, 0.5) is 4.39 Å². The molecule has 0 bridgehead atoms. The van der Waals surface area contributed by atoms with Crippen molar-refractivity contribution in [3.8, 4) is 0 Å². The van der Waals surface area contributed by atoms with Gasteiger partial charge >= 0.3 is 180 Å². The van der Waals surface area contributed by atoms with Gasteiger partial charge < -0.3 is 0 Å². The summed E-state index contributed by atoms with van der Waals surface area (Å²) in [4.78, 5) is 0. The van der Waals surface area contributed by atoms with Crippen molar-refractivity contribution < 1.29 is 4.39 Å². The molecule has 1 aromatic rings. The maximum absolute atomic E-state index is 15.6. The predicted molar refractivity (Wildman–Crippen MR) is 124 cm³/mol. The van der Waals surface area contributed by atoms with Gasteiger partial charge in [0.15, 0.2) is 0 Å². The second-order valence-corrected chi connectivity index (χ2v) is 24.3. The zero-order chi connectivity index (χ0) is 19.4. The van der Waals surface area contributed by atoms with E-state index in [4.69, 9.17) is 0 Å². The molecule has 0 saturated carbocycles. The Morgan fingerprint density at radius 1 is 0.769 bits per heavy atom. The Labute approximate surface area is 178 Å². The zero-order valence-electron chi connectivity index (χ0n) is 17.6. The van der Waals surface area contributed by atoms with Gasteiger partial charge in [-0.05, 0) is 0 Å². The molecule has 0 aliphatic carbocycles. The predicted octanol–water partition coefficient (Wildman–Crippen LogP) is 8.83. The summed E-state index contributed by atoms with van der Waals surface area (Å²) in [5, 5.41) is 0. The van der Waals surface area contributed by atoms with Crippen LogP contribution in [-0.4, -0.2) is 18.4 Å². The van der Waals surface area contributed by atoms with Crippen LogP contribution in [0.5, 0.6) is 0 Å². The van der Waals surface area contributed by atoms with Crippen LogP contribution in [0, 0.1) is 5.82 Å². The first kappa shape index (κ1) is 24.9. The van der Waals surface area contributed by atoms with E-state index >= 15 is 4.39 Å². The fraction of sp³-hybridized carbons (Fsp3) is 0.818. The van der Waals surface area contributed by atoms with Crippen molar-refractivity contribution in [2.75, 3.05) is 0 Å². The van der Waals surface area contributed by atoms with Crippen LogP contribution >= 0.6 is 27.3 Å². The third-order valence-electron chi connectivity index (χ3n) is 5.68. The van der Waals surface area contributed by atoms with Crippen molar-refractivity contribution in [2.24, 2.45) is 0 Å². The van der Waals surface area contributed by atoms with E-state index in [1.165, 1.54) is 74.0 Å². The first-order valence-electron chi connectivity index (χ1n) is 11.0. The minimum absolute atomic E-state index is 0.220. The molecule has 0 amide bonds. The average Bonchev–Trinajstić information content (AvgIpc) is 2.93. The van der Waals surface area contributed by atoms with Crippen molar-refractivity contribution in [1.82, 2.24) is 0 Å². The fourth-order valence-corrected chi connectivity index (χ4v) is 26.5. The summed E-state index contributed by atoms with van der Waals surface area (Å²) in [6.45, 7) is 9.10. The Hall–Kier alpha value is 0.909. The van der Waals surface area contributed by atoms with Gasteiger partial charge in [0.1, 0.15) is 0 Å². The molecule has 0 atom stereocenters. The van der Waals surface area contributed by atoms with E-state index in [0.29, 0.717) is 0 Å². The van der Waals surface area contributed by atoms with Gasteiger partial charge in [0.05, 0.1) is 0 Å². The number of halogens is 2. The van der Waals surface area contributed by atoms with E-state index in [1.807, 2.05) is 0 Å². The van der Waals surface area contributed by atoms with E-state index < -0.39 is 18.4 Å². The van der Waals surface area contributed by atoms with Crippen LogP contribution in [-0.2, 0) is 6.42 Å². The van der Waals surface area contributed by atoms with Gasteiger partial charge in [0.2, 0.25) is 0 Å². The van der Waals surface area contributed by atoms with Gasteiger partial charge in [0, 0.05) is 0 Å². The normalized spacial score (nSPS) is 12.1. The molecule has 0 aromatic carbocycles. The first-order valence-corrected chi connectivity index (χ1v) is 20.1. The quantitative estimate of drug-likeness (QED) is 0.150. The molecule has 0 aliphatic heterocycles. The first-order chi connectivity index (χ1) is 12.6. The third-order valence-corrected chi connectivity index (χ3v) is 25.8. The van der Waals surface area contributed by atoms with Crippen molar-refractivity contribution in [2.45, 2.75) is 112 Å². The van der Waals surface area contributed by atoms with Crippen molar-refractivity contribution >= 4 is 48.5 Å². The van der Waals surface area contributed by atoms with E-state index in [2.05, 4.69) is 43.6 Å². The number of rotatable bonds is 15. The van der Waals surface area contributed by atoms with Gasteiger partial charge in [-0.15, -0.1) is 0 Å². The van der Waals surface area contributed by atoms with Crippen molar-refractivity contribution in [1.29, 1.82) is 0 Å². The molecule has 1 heterocycles. The second-order valence-electron chi connectivity index (χ2n) is 7.90. The Morgan fingerprint density at radius 2 is 1.27 bits per heavy atom. The molecule has 0 N–H and O–H groups in total. The topological polar surface area (TPSA) is 0 Å². The molecule has 1 aromatic heterocycles. The molecule has 0 fully saturated rings. The number of unbranched alkanes of at least 4 members (excludes halogenated alkanes) is 6. The van der Waals surface area contributed by atoms with E-state index in [-0.39, 0.29) is 5.82 Å². The molecule has 1 rings (SSSR count). The monoisotopic (exact) mass is 554 g/mol. The number of thiophene rings is 1. The van der Waals surface area contributed by atoms with Gasteiger partial charge in [-0.2, -0.15) is 0 Å². The number of hydrogen-bond acceptors (Lipinski definition) is 1. The molecule has 26 heavy (non-hydrogen) atoms. The Morgan fingerprint density at radius 3 is 1.73 bits per heavy atom. The molecule has 152 valence electrons. The van der Waals surface area contributed by atoms with E-state index in [1.54, 1.807) is 11.3 Å². The summed E-state index contributed by atoms with van der Waals surface area (Å²) < 4.78 is 22.0. The van der Waals surface area contributed by atoms with Gasteiger partial charge in [-0.1, -0.05) is 0 Å². The molecule has 0 nitrogen and oxygen atoms in total. The number of hydrogen-bond donors (Lipinski definition) is 0. The average molecular weight is 554 g/mol. The summed E-state index contributed by atoms with van der Waals surface area (Å²) in [5.74, 6) is 0.220. The van der Waals surface area contributed by atoms with Crippen LogP contribution in [0.2, 0.25) is 13.3 Å². The standard InChI is InChI=1S/C10H13BrFS.3C4H9.Sn/c1-2-3-4-5-6-8-9(12)7-13-10(8)11;3*1-3-4-2;/h2-6H2,1H3;3*1,3-4H2,2H3;. The maximum atomic E-state index is 15.6. The van der Waals surface area contributed by atoms with Crippen LogP contribution in [0.1, 0.15) is 97.5 Å². The Kier molecular flexibility index (Phi) is 13.4. The summed E-state index contributed by atoms with van der Waals surface area (Å²) in [7, 11) is 0. The van der Waals surface area contributed by atoms with Gasteiger partial charge in [0.25, 0.3) is 0 Å². The molecule has 0 saturated heterocycles. The van der Waals surface area contributed by atoms with Crippen LogP contribution < -0.4 is 2.89 Å². The Bertz CT molecular complexity index is 479. The molecular weight excluding hydrogens is 514 g/mol. The molecular formula is C22H40BrFSSn. The molecule has 0 unspecified atom stereocenters. The molecule has 4 heteroatoms. The van der Waals surface area contributed by atoms with Crippen LogP contribution in [0.15, 0.2) is 3.79 Å². The van der Waals surface area contributed by atoms with Crippen LogP contribution in [0.3, 0.4) is 0 Å². The molecule has 0 aliphatic rings. The fourth-order valence-electron chi connectivity index (χ4n) is 3.96. The molecule has 0 radical (unpaired) electrons. The summed E-state index contributed by atoms with van der Waals surface area (Å²) >= 11 is 2.90. The molecule has 0 spiro atoms. The van der Waals surface area contributed by atoms with E-state index in [9.17, 15) is 0 Å². The van der Waals surface area contributed by atoms with E-state index in [0.717, 1.165) is 22.2 Å². The third kappa shape index (κ3) is 7.39. The van der Waals surface area contributed by atoms with Crippen molar-refractivity contribution in [3.63, 3.8) is 0 Å².